The normalized spacial score (nSPS) is 28.5. The third-order valence-electron chi connectivity index (χ3n) is 2.76. The van der Waals surface area contributed by atoms with Gasteiger partial charge in [0.05, 0.1) is 10.6 Å². The third kappa shape index (κ3) is 1.73. The number of hydrogen-bond acceptors (Lipinski definition) is 3. The second-order valence-corrected chi connectivity index (χ2v) is 6.77. The van der Waals surface area contributed by atoms with Crippen LogP contribution in [0.15, 0.2) is 27.6 Å². The molecule has 0 bridgehead atoms. The molecule has 0 radical (unpaired) electrons. The van der Waals surface area contributed by atoms with Gasteiger partial charge in [-0.3, -0.25) is 0 Å². The summed E-state index contributed by atoms with van der Waals surface area (Å²) in [4.78, 5) is 0.371. The van der Waals surface area contributed by atoms with E-state index in [1.165, 1.54) is 0 Å². The van der Waals surface area contributed by atoms with Gasteiger partial charge in [-0.2, -0.15) is 0 Å². The lowest BCUT2D eigenvalue weighted by molar-refractivity contribution is 0.477. The highest BCUT2D eigenvalue weighted by molar-refractivity contribution is 9.10. The van der Waals surface area contributed by atoms with Crippen LogP contribution in [-0.4, -0.2) is 14.2 Å². The van der Waals surface area contributed by atoms with Gasteiger partial charge < -0.3 is 5.73 Å². The van der Waals surface area contributed by atoms with Crippen molar-refractivity contribution in [3.05, 3.63) is 28.2 Å². The van der Waals surface area contributed by atoms with Crippen molar-refractivity contribution in [3.63, 3.8) is 0 Å². The summed E-state index contributed by atoms with van der Waals surface area (Å²) < 4.78 is 24.5. The Labute approximate surface area is 97.7 Å². The van der Waals surface area contributed by atoms with Gasteiger partial charge in [-0.1, -0.05) is 19.1 Å². The number of halogens is 1. The first-order chi connectivity index (χ1) is 6.93. The zero-order valence-corrected chi connectivity index (χ0v) is 10.7. The van der Waals surface area contributed by atoms with E-state index < -0.39 is 9.84 Å². The molecular weight excluding hydrogens is 278 g/mol. The summed E-state index contributed by atoms with van der Waals surface area (Å²) in [6.45, 7) is 1.87. The molecule has 1 heterocycles. The van der Waals surface area contributed by atoms with Crippen molar-refractivity contribution < 1.29 is 8.42 Å². The van der Waals surface area contributed by atoms with E-state index in [1.54, 1.807) is 12.1 Å². The van der Waals surface area contributed by atoms with E-state index >= 15 is 0 Å². The molecule has 82 valence electrons. The predicted molar refractivity (Wildman–Crippen MR) is 62.3 cm³/mol. The van der Waals surface area contributed by atoms with E-state index in [4.69, 9.17) is 5.73 Å². The summed E-state index contributed by atoms with van der Waals surface area (Å²) in [5, 5.41) is 0. The maximum absolute atomic E-state index is 12.0. The molecule has 0 spiro atoms. The van der Waals surface area contributed by atoms with Crippen LogP contribution in [0.1, 0.15) is 18.5 Å². The van der Waals surface area contributed by atoms with E-state index in [0.29, 0.717) is 9.37 Å². The Morgan fingerprint density at radius 3 is 2.80 bits per heavy atom. The highest BCUT2D eigenvalue weighted by atomic mass is 79.9. The first kappa shape index (κ1) is 11.1. The minimum Gasteiger partial charge on any atom is -0.324 e. The molecule has 0 aliphatic carbocycles. The lowest BCUT2D eigenvalue weighted by atomic mass is 9.96. The van der Waals surface area contributed by atoms with Crippen molar-refractivity contribution in [2.75, 3.05) is 5.75 Å². The van der Waals surface area contributed by atoms with Gasteiger partial charge >= 0.3 is 0 Å². The number of fused-ring (bicyclic) bond motifs is 1. The number of rotatable bonds is 0. The lowest BCUT2D eigenvalue weighted by Crippen LogP contribution is -2.32. The van der Waals surface area contributed by atoms with Gasteiger partial charge in [0.1, 0.15) is 0 Å². The topological polar surface area (TPSA) is 60.2 Å². The molecule has 2 atom stereocenters. The van der Waals surface area contributed by atoms with Gasteiger partial charge in [-0.15, -0.1) is 0 Å². The van der Waals surface area contributed by atoms with Crippen molar-refractivity contribution in [3.8, 4) is 0 Å². The highest BCUT2D eigenvalue weighted by Gasteiger charge is 2.34. The summed E-state index contributed by atoms with van der Waals surface area (Å²) in [6.07, 6.45) is 0. The largest absolute Gasteiger partial charge is 0.324 e. The maximum Gasteiger partial charge on any atom is 0.180 e. The van der Waals surface area contributed by atoms with Crippen LogP contribution in [-0.2, 0) is 9.84 Å². The predicted octanol–water partition coefficient (Wildman–Crippen LogP) is 1.87. The lowest BCUT2D eigenvalue weighted by Gasteiger charge is -2.28. The molecule has 0 aromatic heterocycles. The fourth-order valence-electron chi connectivity index (χ4n) is 1.96. The first-order valence-electron chi connectivity index (χ1n) is 4.70. The minimum absolute atomic E-state index is 0.0307. The van der Waals surface area contributed by atoms with Crippen LogP contribution in [0.3, 0.4) is 0 Å². The van der Waals surface area contributed by atoms with E-state index in [1.807, 2.05) is 13.0 Å². The number of benzene rings is 1. The van der Waals surface area contributed by atoms with Crippen LogP contribution in [0.25, 0.3) is 0 Å². The molecule has 5 heteroatoms. The molecule has 2 N–H and O–H groups in total. The van der Waals surface area contributed by atoms with Gasteiger partial charge in [0.2, 0.25) is 0 Å². The van der Waals surface area contributed by atoms with Crippen molar-refractivity contribution in [2.24, 2.45) is 11.7 Å². The third-order valence-corrected chi connectivity index (χ3v) is 5.73. The standard InChI is InChI=1S/C10H12BrNO2S/c1-6-5-15(13,14)10-7(9(6)12)3-2-4-8(10)11/h2-4,6,9H,5,12H2,1H3. The Kier molecular flexibility index (Phi) is 2.65. The molecule has 2 rings (SSSR count). The van der Waals surface area contributed by atoms with Gasteiger partial charge in [-0.05, 0) is 33.5 Å². The highest BCUT2D eigenvalue weighted by Crippen LogP contribution is 2.38. The van der Waals surface area contributed by atoms with E-state index in [2.05, 4.69) is 15.9 Å². The van der Waals surface area contributed by atoms with Crippen LogP contribution in [0, 0.1) is 5.92 Å². The molecule has 1 aromatic carbocycles. The molecule has 0 fully saturated rings. The Bertz CT molecular complexity index is 498. The summed E-state index contributed by atoms with van der Waals surface area (Å²) in [7, 11) is -3.18. The van der Waals surface area contributed by atoms with Crippen molar-refractivity contribution in [1.29, 1.82) is 0 Å². The minimum atomic E-state index is -3.18. The van der Waals surface area contributed by atoms with E-state index in [-0.39, 0.29) is 17.7 Å². The van der Waals surface area contributed by atoms with Gasteiger partial charge in [-0.25, -0.2) is 8.42 Å². The molecule has 0 saturated heterocycles. The van der Waals surface area contributed by atoms with Crippen molar-refractivity contribution >= 4 is 25.8 Å². The summed E-state index contributed by atoms with van der Waals surface area (Å²) in [5.74, 6) is 0.0980. The fourth-order valence-corrected chi connectivity index (χ4v) is 5.07. The average molecular weight is 290 g/mol. The molecule has 0 amide bonds. The quantitative estimate of drug-likeness (QED) is 0.793. The van der Waals surface area contributed by atoms with Crippen LogP contribution >= 0.6 is 15.9 Å². The smallest absolute Gasteiger partial charge is 0.180 e. The molecule has 15 heavy (non-hydrogen) atoms. The number of sulfone groups is 1. The molecule has 0 saturated carbocycles. The van der Waals surface area contributed by atoms with Crippen LogP contribution in [0.5, 0.6) is 0 Å². The maximum atomic E-state index is 12.0. The molecule has 1 aliphatic rings. The van der Waals surface area contributed by atoms with E-state index in [9.17, 15) is 8.42 Å². The SMILES string of the molecule is CC1CS(=O)(=O)c2c(Br)cccc2C1N. The summed E-state index contributed by atoms with van der Waals surface area (Å²) in [6, 6.07) is 5.15. The van der Waals surface area contributed by atoms with Crippen LogP contribution < -0.4 is 5.73 Å². The Morgan fingerprint density at radius 2 is 2.13 bits per heavy atom. The number of hydrogen-bond donors (Lipinski definition) is 1. The monoisotopic (exact) mass is 289 g/mol. The molecule has 3 nitrogen and oxygen atoms in total. The Balaban J connectivity index is 2.76. The average Bonchev–Trinajstić information content (AvgIpc) is 2.13. The molecule has 1 aromatic rings. The van der Waals surface area contributed by atoms with Crippen molar-refractivity contribution in [1.82, 2.24) is 0 Å². The van der Waals surface area contributed by atoms with Crippen LogP contribution in [0.4, 0.5) is 0 Å². The molecular formula is C10H12BrNO2S. The zero-order valence-electron chi connectivity index (χ0n) is 8.27. The second-order valence-electron chi connectivity index (χ2n) is 3.94. The van der Waals surface area contributed by atoms with E-state index in [0.717, 1.165) is 5.56 Å². The molecule has 2 unspecified atom stereocenters. The number of nitrogens with two attached hydrogens (primary N) is 1. The van der Waals surface area contributed by atoms with Crippen molar-refractivity contribution in [2.45, 2.75) is 17.9 Å². The fraction of sp³-hybridized carbons (Fsp3) is 0.400. The van der Waals surface area contributed by atoms with Gasteiger partial charge in [0.15, 0.2) is 9.84 Å². The first-order valence-corrected chi connectivity index (χ1v) is 7.15. The Hall–Kier alpha value is -0.390. The van der Waals surface area contributed by atoms with Crippen LogP contribution in [0.2, 0.25) is 0 Å². The van der Waals surface area contributed by atoms with Gasteiger partial charge in [0.25, 0.3) is 0 Å². The summed E-state index contributed by atoms with van der Waals surface area (Å²) in [5.41, 5.74) is 6.72. The van der Waals surface area contributed by atoms with Gasteiger partial charge in [0, 0.05) is 10.5 Å². The molecule has 1 aliphatic heterocycles. The zero-order chi connectivity index (χ0) is 11.2. The second kappa shape index (κ2) is 3.57. The Morgan fingerprint density at radius 1 is 1.47 bits per heavy atom. The summed E-state index contributed by atoms with van der Waals surface area (Å²) >= 11 is 3.27.